The number of hydrogen-bond donors (Lipinski definition) is 1. The maximum absolute atomic E-state index is 12.3. The minimum atomic E-state index is -0.917. The summed E-state index contributed by atoms with van der Waals surface area (Å²) in [6.45, 7) is 0.510. The lowest BCUT2D eigenvalue weighted by molar-refractivity contribution is -0.148. The number of carboxylic acids is 1. The van der Waals surface area contributed by atoms with Crippen molar-refractivity contribution < 1.29 is 14.7 Å². The van der Waals surface area contributed by atoms with Crippen LogP contribution in [0.2, 0.25) is 0 Å². The molecule has 0 bridgehead atoms. The van der Waals surface area contributed by atoms with Gasteiger partial charge in [0.15, 0.2) is 0 Å². The monoisotopic (exact) mass is 351 g/mol. The molecule has 0 radical (unpaired) electrons. The molecule has 1 aromatic rings. The Hall–Kier alpha value is -1.62. The second kappa shape index (κ2) is 7.41. The molecule has 21 heavy (non-hydrogen) atoms. The van der Waals surface area contributed by atoms with Crippen LogP contribution < -0.4 is 0 Å². The summed E-state index contributed by atoms with van der Waals surface area (Å²) in [5.41, 5.74) is 0.896. The minimum Gasteiger partial charge on any atom is -0.480 e. The molecule has 1 amide bonds. The molecule has 1 fully saturated rings. The van der Waals surface area contributed by atoms with Crippen LogP contribution in [0.1, 0.15) is 31.2 Å². The van der Waals surface area contributed by atoms with E-state index in [0.29, 0.717) is 13.0 Å². The SMILES string of the molecule is O=C(O)C1CCCCCN1C(=O)C=Cc1ccccc1Br. The van der Waals surface area contributed by atoms with E-state index in [4.69, 9.17) is 0 Å². The van der Waals surface area contributed by atoms with E-state index < -0.39 is 12.0 Å². The Morgan fingerprint density at radius 2 is 2.00 bits per heavy atom. The van der Waals surface area contributed by atoms with E-state index in [2.05, 4.69) is 15.9 Å². The molecule has 1 heterocycles. The van der Waals surface area contributed by atoms with E-state index in [1.165, 1.54) is 11.0 Å². The van der Waals surface area contributed by atoms with Crippen LogP contribution >= 0.6 is 15.9 Å². The summed E-state index contributed by atoms with van der Waals surface area (Å²) in [5.74, 6) is -1.15. The summed E-state index contributed by atoms with van der Waals surface area (Å²) in [6.07, 6.45) is 6.40. The molecule has 1 unspecified atom stereocenters. The summed E-state index contributed by atoms with van der Waals surface area (Å²) in [4.78, 5) is 25.1. The largest absolute Gasteiger partial charge is 0.480 e. The third-order valence-electron chi connectivity index (χ3n) is 3.63. The molecule has 0 aliphatic carbocycles. The van der Waals surface area contributed by atoms with E-state index in [0.717, 1.165) is 29.3 Å². The fourth-order valence-corrected chi connectivity index (χ4v) is 2.91. The van der Waals surface area contributed by atoms with Crippen LogP contribution in [0, 0.1) is 0 Å². The van der Waals surface area contributed by atoms with Crippen molar-refractivity contribution in [1.82, 2.24) is 4.90 Å². The number of carbonyl (C=O) groups excluding carboxylic acids is 1. The molecular weight excluding hydrogens is 334 g/mol. The van der Waals surface area contributed by atoms with E-state index in [1.54, 1.807) is 6.08 Å². The molecule has 1 aromatic carbocycles. The van der Waals surface area contributed by atoms with Crippen LogP contribution in [0.4, 0.5) is 0 Å². The molecule has 5 heteroatoms. The van der Waals surface area contributed by atoms with Gasteiger partial charge in [0.2, 0.25) is 5.91 Å². The molecule has 1 N–H and O–H groups in total. The number of rotatable bonds is 3. The van der Waals surface area contributed by atoms with E-state index in [9.17, 15) is 14.7 Å². The highest BCUT2D eigenvalue weighted by molar-refractivity contribution is 9.10. The summed E-state index contributed by atoms with van der Waals surface area (Å²) in [7, 11) is 0. The maximum Gasteiger partial charge on any atom is 0.326 e. The van der Waals surface area contributed by atoms with Crippen LogP contribution in [0.3, 0.4) is 0 Å². The fraction of sp³-hybridized carbons (Fsp3) is 0.375. The second-order valence-corrected chi connectivity index (χ2v) is 5.94. The first kappa shape index (κ1) is 15.8. The standard InChI is InChI=1S/C16H18BrNO3/c17-13-7-4-3-6-12(13)9-10-15(19)18-11-5-1-2-8-14(18)16(20)21/h3-4,6-7,9-10,14H,1-2,5,8,11H2,(H,20,21). The molecule has 2 rings (SSSR count). The predicted molar refractivity (Wildman–Crippen MR) is 84.8 cm³/mol. The number of halogens is 1. The summed E-state index contributed by atoms with van der Waals surface area (Å²) in [5, 5.41) is 9.29. The van der Waals surface area contributed by atoms with Crippen LogP contribution in [-0.2, 0) is 9.59 Å². The molecule has 1 aliphatic heterocycles. The Kier molecular flexibility index (Phi) is 5.56. The van der Waals surface area contributed by atoms with E-state index >= 15 is 0 Å². The van der Waals surface area contributed by atoms with Gasteiger partial charge in [-0.15, -0.1) is 0 Å². The number of nitrogens with zero attached hydrogens (tertiary/aromatic N) is 1. The van der Waals surface area contributed by atoms with Crippen molar-refractivity contribution in [1.29, 1.82) is 0 Å². The predicted octanol–water partition coefficient (Wildman–Crippen LogP) is 3.32. The van der Waals surface area contributed by atoms with Crippen LogP contribution in [0.15, 0.2) is 34.8 Å². The van der Waals surface area contributed by atoms with Crippen LogP contribution in [0.25, 0.3) is 6.08 Å². The number of hydrogen-bond acceptors (Lipinski definition) is 2. The van der Waals surface area contributed by atoms with Gasteiger partial charge in [0.25, 0.3) is 0 Å². The van der Waals surface area contributed by atoms with Crippen molar-refractivity contribution in [2.45, 2.75) is 31.7 Å². The molecule has 112 valence electrons. The van der Waals surface area contributed by atoms with Gasteiger partial charge in [0.1, 0.15) is 6.04 Å². The Labute approximate surface area is 132 Å². The van der Waals surface area contributed by atoms with E-state index in [1.807, 2.05) is 24.3 Å². The minimum absolute atomic E-state index is 0.236. The van der Waals surface area contributed by atoms with Gasteiger partial charge in [-0.2, -0.15) is 0 Å². The van der Waals surface area contributed by atoms with Gasteiger partial charge in [-0.3, -0.25) is 4.79 Å². The second-order valence-electron chi connectivity index (χ2n) is 5.09. The Bertz CT molecular complexity index is 556. The fourth-order valence-electron chi connectivity index (χ4n) is 2.50. The number of carboxylic acid groups (broad SMARTS) is 1. The molecular formula is C16H18BrNO3. The first-order valence-electron chi connectivity index (χ1n) is 7.05. The first-order valence-corrected chi connectivity index (χ1v) is 7.85. The van der Waals surface area contributed by atoms with Gasteiger partial charge in [0.05, 0.1) is 0 Å². The summed E-state index contributed by atoms with van der Waals surface area (Å²) < 4.78 is 0.903. The van der Waals surface area contributed by atoms with Crippen LogP contribution in [0.5, 0.6) is 0 Å². The highest BCUT2D eigenvalue weighted by Crippen LogP contribution is 2.20. The average Bonchev–Trinajstić information content (AvgIpc) is 2.72. The van der Waals surface area contributed by atoms with Crippen LogP contribution in [-0.4, -0.2) is 34.5 Å². The molecule has 0 saturated carbocycles. The zero-order valence-corrected chi connectivity index (χ0v) is 13.3. The zero-order valence-electron chi connectivity index (χ0n) is 11.7. The molecule has 1 aliphatic rings. The quantitative estimate of drug-likeness (QED) is 0.849. The van der Waals surface area contributed by atoms with Gasteiger partial charge < -0.3 is 10.0 Å². The lowest BCUT2D eigenvalue weighted by atomic mass is 10.1. The van der Waals surface area contributed by atoms with Gasteiger partial charge in [0, 0.05) is 17.1 Å². The van der Waals surface area contributed by atoms with Crippen molar-refractivity contribution >= 4 is 33.9 Å². The number of benzene rings is 1. The summed E-state index contributed by atoms with van der Waals surface area (Å²) >= 11 is 3.42. The van der Waals surface area contributed by atoms with Crippen molar-refractivity contribution in [3.63, 3.8) is 0 Å². The van der Waals surface area contributed by atoms with Crippen molar-refractivity contribution in [3.05, 3.63) is 40.4 Å². The first-order chi connectivity index (χ1) is 10.1. The van der Waals surface area contributed by atoms with Crippen molar-refractivity contribution in [2.24, 2.45) is 0 Å². The molecule has 1 saturated heterocycles. The maximum atomic E-state index is 12.3. The lowest BCUT2D eigenvalue weighted by Crippen LogP contribution is -2.43. The van der Waals surface area contributed by atoms with Gasteiger partial charge in [-0.25, -0.2) is 4.79 Å². The van der Waals surface area contributed by atoms with E-state index in [-0.39, 0.29) is 5.91 Å². The third-order valence-corrected chi connectivity index (χ3v) is 4.35. The number of carbonyl (C=O) groups is 2. The number of amides is 1. The molecule has 4 nitrogen and oxygen atoms in total. The smallest absolute Gasteiger partial charge is 0.326 e. The average molecular weight is 352 g/mol. The topological polar surface area (TPSA) is 57.6 Å². The molecule has 1 atom stereocenters. The normalized spacial score (nSPS) is 19.5. The molecule has 0 aromatic heterocycles. The summed E-state index contributed by atoms with van der Waals surface area (Å²) in [6, 6.07) is 6.88. The highest BCUT2D eigenvalue weighted by atomic mass is 79.9. The Balaban J connectivity index is 2.13. The van der Waals surface area contributed by atoms with Gasteiger partial charge >= 0.3 is 5.97 Å². The zero-order chi connectivity index (χ0) is 15.2. The number of likely N-dealkylation sites (tertiary alicyclic amines) is 1. The number of aliphatic carboxylic acids is 1. The molecule has 0 spiro atoms. The van der Waals surface area contributed by atoms with Crippen molar-refractivity contribution in [3.8, 4) is 0 Å². The third kappa shape index (κ3) is 4.17. The van der Waals surface area contributed by atoms with Gasteiger partial charge in [-0.05, 0) is 30.5 Å². The lowest BCUT2D eigenvalue weighted by Gasteiger charge is -2.25. The highest BCUT2D eigenvalue weighted by Gasteiger charge is 2.29. The Morgan fingerprint density at radius 3 is 2.71 bits per heavy atom. The van der Waals surface area contributed by atoms with Gasteiger partial charge in [-0.1, -0.05) is 47.0 Å². The Morgan fingerprint density at radius 1 is 1.24 bits per heavy atom. The van der Waals surface area contributed by atoms with Crippen molar-refractivity contribution in [2.75, 3.05) is 6.54 Å².